The number of unbranched alkanes of at least 4 members (excludes halogenated alkanes) is 1. The van der Waals surface area contributed by atoms with Crippen molar-refractivity contribution < 1.29 is 4.79 Å². The minimum atomic E-state index is 0.128. The number of rotatable bonds is 7. The second-order valence-electron chi connectivity index (χ2n) is 6.11. The van der Waals surface area contributed by atoms with Crippen molar-refractivity contribution in [1.29, 1.82) is 0 Å². The minimum Gasteiger partial charge on any atom is -0.368 e. The summed E-state index contributed by atoms with van der Waals surface area (Å²) in [5, 5.41) is 7.44. The van der Waals surface area contributed by atoms with Gasteiger partial charge in [0.05, 0.1) is 5.52 Å². The maximum Gasteiger partial charge on any atom is 0.220 e. The average Bonchev–Trinajstić information content (AvgIpc) is 2.54. The number of nitrogens with zero attached hydrogens (tertiary/aromatic N) is 1. The molecule has 0 aliphatic rings. The summed E-state index contributed by atoms with van der Waals surface area (Å²) in [7, 11) is 0. The van der Waals surface area contributed by atoms with Crippen LogP contribution in [0, 0.1) is 20.8 Å². The number of hydrogen-bond acceptors (Lipinski definition) is 3. The van der Waals surface area contributed by atoms with Crippen LogP contribution in [0.1, 0.15) is 42.9 Å². The maximum atomic E-state index is 11.6. The minimum absolute atomic E-state index is 0.128. The number of aromatic nitrogens is 1. The van der Waals surface area contributed by atoms with E-state index in [4.69, 9.17) is 4.98 Å². The Morgan fingerprint density at radius 2 is 1.91 bits per heavy atom. The third-order valence-electron chi connectivity index (χ3n) is 4.20. The van der Waals surface area contributed by atoms with E-state index in [9.17, 15) is 4.79 Å². The smallest absolute Gasteiger partial charge is 0.220 e. The molecule has 0 saturated carbocycles. The number of pyridine rings is 1. The first kappa shape index (κ1) is 17.3. The zero-order valence-corrected chi connectivity index (χ0v) is 14.6. The summed E-state index contributed by atoms with van der Waals surface area (Å²) in [5.41, 5.74) is 4.64. The first-order valence-electron chi connectivity index (χ1n) is 8.41. The molecule has 2 aromatic rings. The maximum absolute atomic E-state index is 11.6. The van der Waals surface area contributed by atoms with Gasteiger partial charge in [-0.05, 0) is 49.9 Å². The van der Waals surface area contributed by atoms with Crippen LogP contribution in [-0.2, 0) is 4.79 Å². The lowest BCUT2D eigenvalue weighted by Gasteiger charge is -2.12. The van der Waals surface area contributed by atoms with Crippen molar-refractivity contribution in [3.05, 3.63) is 34.9 Å². The molecule has 1 amide bonds. The summed E-state index contributed by atoms with van der Waals surface area (Å²) in [6.07, 6.45) is 2.61. The number of hydrogen-bond donors (Lipinski definition) is 2. The van der Waals surface area contributed by atoms with Gasteiger partial charge in [0, 0.05) is 24.9 Å². The van der Waals surface area contributed by atoms with E-state index in [2.05, 4.69) is 56.5 Å². The van der Waals surface area contributed by atoms with Crippen LogP contribution < -0.4 is 10.6 Å². The highest BCUT2D eigenvalue weighted by atomic mass is 16.1. The lowest BCUT2D eigenvalue weighted by Crippen LogP contribution is -2.28. The standard InChI is InChI=1S/C19H27N3O/c1-5-6-7-17(23)20-10-11-21-19-14(3)12-16-9-8-13(2)15(4)18(16)22-19/h8-9,12H,5-7,10-11H2,1-4H3,(H,20,23)(H,21,22). The summed E-state index contributed by atoms with van der Waals surface area (Å²) >= 11 is 0. The van der Waals surface area contributed by atoms with Crippen molar-refractivity contribution in [2.24, 2.45) is 0 Å². The molecule has 1 aromatic carbocycles. The highest BCUT2D eigenvalue weighted by Gasteiger charge is 2.07. The summed E-state index contributed by atoms with van der Waals surface area (Å²) in [4.78, 5) is 16.4. The van der Waals surface area contributed by atoms with E-state index >= 15 is 0 Å². The monoisotopic (exact) mass is 313 g/mol. The van der Waals surface area contributed by atoms with Crippen LogP contribution >= 0.6 is 0 Å². The third kappa shape index (κ3) is 4.44. The van der Waals surface area contributed by atoms with Gasteiger partial charge in [0.2, 0.25) is 5.91 Å². The number of carbonyl (C=O) groups excluding carboxylic acids is 1. The molecule has 2 rings (SSSR count). The number of anilines is 1. The molecule has 0 spiro atoms. The Balaban J connectivity index is 1.99. The molecular weight excluding hydrogens is 286 g/mol. The van der Waals surface area contributed by atoms with Crippen molar-refractivity contribution in [2.45, 2.75) is 47.0 Å². The Morgan fingerprint density at radius 1 is 1.13 bits per heavy atom. The Hall–Kier alpha value is -2.10. The predicted octanol–water partition coefficient (Wildman–Crippen LogP) is 3.88. The summed E-state index contributed by atoms with van der Waals surface area (Å²) in [6, 6.07) is 6.42. The van der Waals surface area contributed by atoms with Crippen LogP contribution in [-0.4, -0.2) is 24.0 Å². The quantitative estimate of drug-likeness (QED) is 0.763. The highest BCUT2D eigenvalue weighted by molar-refractivity contribution is 5.85. The zero-order chi connectivity index (χ0) is 16.8. The van der Waals surface area contributed by atoms with Gasteiger partial charge in [0.25, 0.3) is 0 Å². The second kappa shape index (κ2) is 7.95. The molecule has 23 heavy (non-hydrogen) atoms. The Morgan fingerprint density at radius 3 is 2.65 bits per heavy atom. The van der Waals surface area contributed by atoms with Gasteiger partial charge in [0.15, 0.2) is 0 Å². The van der Waals surface area contributed by atoms with Crippen LogP contribution in [0.5, 0.6) is 0 Å². The van der Waals surface area contributed by atoms with E-state index in [1.165, 1.54) is 16.5 Å². The number of fused-ring (bicyclic) bond motifs is 1. The first-order valence-corrected chi connectivity index (χ1v) is 8.41. The molecule has 0 unspecified atom stereocenters. The predicted molar refractivity (Wildman–Crippen MR) is 97.0 cm³/mol. The number of nitrogens with one attached hydrogen (secondary N) is 2. The van der Waals surface area contributed by atoms with Crippen molar-refractivity contribution in [2.75, 3.05) is 18.4 Å². The van der Waals surface area contributed by atoms with Gasteiger partial charge >= 0.3 is 0 Å². The first-order chi connectivity index (χ1) is 11.0. The third-order valence-corrected chi connectivity index (χ3v) is 4.20. The molecule has 124 valence electrons. The fourth-order valence-corrected chi connectivity index (χ4v) is 2.58. The van der Waals surface area contributed by atoms with Crippen LogP contribution in [0.3, 0.4) is 0 Å². The van der Waals surface area contributed by atoms with E-state index in [1.54, 1.807) is 0 Å². The van der Waals surface area contributed by atoms with Crippen LogP contribution in [0.4, 0.5) is 5.82 Å². The summed E-state index contributed by atoms with van der Waals surface area (Å²) < 4.78 is 0. The van der Waals surface area contributed by atoms with Gasteiger partial charge < -0.3 is 10.6 Å². The normalized spacial score (nSPS) is 10.8. The Bertz CT molecular complexity index is 695. The molecule has 4 heteroatoms. The van der Waals surface area contributed by atoms with E-state index in [0.29, 0.717) is 19.5 Å². The fourth-order valence-electron chi connectivity index (χ4n) is 2.58. The van der Waals surface area contributed by atoms with Crippen molar-refractivity contribution in [1.82, 2.24) is 10.3 Å². The largest absolute Gasteiger partial charge is 0.368 e. The van der Waals surface area contributed by atoms with E-state index < -0.39 is 0 Å². The molecule has 1 heterocycles. The summed E-state index contributed by atoms with van der Waals surface area (Å²) in [5.74, 6) is 1.03. The molecule has 0 aliphatic carbocycles. The van der Waals surface area contributed by atoms with Crippen molar-refractivity contribution in [3.8, 4) is 0 Å². The van der Waals surface area contributed by atoms with E-state index in [0.717, 1.165) is 29.7 Å². The number of amides is 1. The Labute approximate surface area is 138 Å². The van der Waals surface area contributed by atoms with Gasteiger partial charge in [-0.15, -0.1) is 0 Å². The van der Waals surface area contributed by atoms with Crippen molar-refractivity contribution in [3.63, 3.8) is 0 Å². The molecule has 0 radical (unpaired) electrons. The second-order valence-corrected chi connectivity index (χ2v) is 6.11. The SMILES string of the molecule is CCCCC(=O)NCCNc1nc2c(C)c(C)ccc2cc1C. The number of aryl methyl sites for hydroxylation is 3. The molecule has 0 saturated heterocycles. The number of carbonyl (C=O) groups is 1. The molecule has 0 aliphatic heterocycles. The Kier molecular flexibility index (Phi) is 5.97. The van der Waals surface area contributed by atoms with Crippen molar-refractivity contribution >= 4 is 22.6 Å². The van der Waals surface area contributed by atoms with Crippen LogP contribution in [0.2, 0.25) is 0 Å². The topological polar surface area (TPSA) is 54.0 Å². The van der Waals surface area contributed by atoms with Crippen LogP contribution in [0.25, 0.3) is 10.9 Å². The molecule has 2 N–H and O–H groups in total. The number of benzene rings is 1. The van der Waals surface area contributed by atoms with Gasteiger partial charge in [0.1, 0.15) is 5.82 Å². The van der Waals surface area contributed by atoms with Gasteiger partial charge in [-0.1, -0.05) is 25.5 Å². The average molecular weight is 313 g/mol. The molecule has 0 atom stereocenters. The highest BCUT2D eigenvalue weighted by Crippen LogP contribution is 2.24. The summed E-state index contributed by atoms with van der Waals surface area (Å²) in [6.45, 7) is 9.67. The van der Waals surface area contributed by atoms with E-state index in [-0.39, 0.29) is 5.91 Å². The lowest BCUT2D eigenvalue weighted by atomic mass is 10.0. The van der Waals surface area contributed by atoms with Gasteiger partial charge in [-0.3, -0.25) is 4.79 Å². The fraction of sp³-hybridized carbons (Fsp3) is 0.474. The zero-order valence-electron chi connectivity index (χ0n) is 14.6. The molecular formula is C19H27N3O. The lowest BCUT2D eigenvalue weighted by molar-refractivity contribution is -0.121. The molecule has 0 fully saturated rings. The van der Waals surface area contributed by atoms with E-state index in [1.807, 2.05) is 0 Å². The molecule has 1 aromatic heterocycles. The molecule has 4 nitrogen and oxygen atoms in total. The van der Waals surface area contributed by atoms with Gasteiger partial charge in [-0.2, -0.15) is 0 Å². The van der Waals surface area contributed by atoms with Crippen LogP contribution in [0.15, 0.2) is 18.2 Å². The molecule has 0 bridgehead atoms. The van der Waals surface area contributed by atoms with Gasteiger partial charge in [-0.25, -0.2) is 4.98 Å².